The van der Waals surface area contributed by atoms with Gasteiger partial charge in [-0.1, -0.05) is 35.3 Å². The first-order chi connectivity index (χ1) is 34.6. The van der Waals surface area contributed by atoms with Crippen LogP contribution in [0, 0.1) is 26.7 Å². The molecule has 380 valence electrons. The van der Waals surface area contributed by atoms with Crippen LogP contribution in [0.5, 0.6) is 11.5 Å². The summed E-state index contributed by atoms with van der Waals surface area (Å²) in [4.78, 5) is 71.4. The normalized spacial score (nSPS) is 14.6. The van der Waals surface area contributed by atoms with Crippen LogP contribution in [0.4, 0.5) is 17.5 Å². The summed E-state index contributed by atoms with van der Waals surface area (Å²) in [7, 11) is 6.65. The van der Waals surface area contributed by atoms with E-state index in [4.69, 9.17) is 42.7 Å². The molecule has 8 rings (SSSR count). The zero-order chi connectivity index (χ0) is 51.2. The number of rotatable bonds is 19. The van der Waals surface area contributed by atoms with Crippen molar-refractivity contribution in [2.24, 2.45) is 18.0 Å². The van der Waals surface area contributed by atoms with Gasteiger partial charge in [0, 0.05) is 84.4 Å². The highest BCUT2D eigenvalue weighted by Crippen LogP contribution is 2.40. The molecule has 4 N–H and O–H groups in total. The average molecular weight is 1040 g/mol. The highest BCUT2D eigenvalue weighted by atomic mass is 35.5. The second-order valence-corrected chi connectivity index (χ2v) is 20.0. The Balaban J connectivity index is 0.774. The van der Waals surface area contributed by atoms with Crippen LogP contribution in [0.15, 0.2) is 58.4 Å². The highest BCUT2D eigenvalue weighted by Gasteiger charge is 2.33. The summed E-state index contributed by atoms with van der Waals surface area (Å²) in [5.74, 6) is 2.11. The van der Waals surface area contributed by atoms with Gasteiger partial charge in [-0.3, -0.25) is 28.7 Å². The van der Waals surface area contributed by atoms with Gasteiger partial charge in [0.15, 0.2) is 24.0 Å². The molecule has 1 fully saturated rings. The highest BCUT2D eigenvalue weighted by molar-refractivity contribution is 7.15. The Morgan fingerprint density at radius 2 is 1.67 bits per heavy atom. The van der Waals surface area contributed by atoms with E-state index in [9.17, 15) is 19.2 Å². The number of pyridine rings is 1. The van der Waals surface area contributed by atoms with Crippen LogP contribution in [0.25, 0.3) is 15.9 Å². The Bertz CT molecular complexity index is 3080. The lowest BCUT2D eigenvalue weighted by molar-refractivity contribution is -0.125. The number of anilines is 3. The molecule has 22 heteroatoms. The zero-order valence-electron chi connectivity index (χ0n) is 41.4. The van der Waals surface area contributed by atoms with Crippen LogP contribution in [0.2, 0.25) is 10.0 Å². The van der Waals surface area contributed by atoms with E-state index in [0.717, 1.165) is 59.2 Å². The smallest absolute Gasteiger partial charge is 0.293 e. The number of aryl methyl sites for hydroxylation is 3. The number of hydrogen-bond acceptors (Lipinski definition) is 15. The number of carbonyl (C=O) groups is 3. The van der Waals surface area contributed by atoms with E-state index >= 15 is 0 Å². The van der Waals surface area contributed by atoms with Gasteiger partial charge in [-0.2, -0.15) is 4.98 Å². The predicted molar refractivity (Wildman–Crippen MR) is 281 cm³/mol. The molecule has 72 heavy (non-hydrogen) atoms. The molecular formula is C50H59Cl2N13O6S. The van der Waals surface area contributed by atoms with Crippen LogP contribution in [0.3, 0.4) is 0 Å². The van der Waals surface area contributed by atoms with E-state index in [1.54, 1.807) is 36.6 Å². The molecule has 0 aliphatic carbocycles. The lowest BCUT2D eigenvalue weighted by atomic mass is 9.96. The number of hydrogen-bond donors (Lipinski definition) is 4. The Labute approximate surface area is 431 Å². The molecule has 0 spiro atoms. The third kappa shape index (κ3) is 11.5. The molecule has 6 heterocycles. The van der Waals surface area contributed by atoms with Crippen molar-refractivity contribution in [1.82, 2.24) is 50.1 Å². The molecule has 4 aromatic heterocycles. The van der Waals surface area contributed by atoms with Gasteiger partial charge < -0.3 is 45.1 Å². The van der Waals surface area contributed by atoms with Gasteiger partial charge in [0.1, 0.15) is 27.6 Å². The molecule has 2 aromatic carbocycles. The molecule has 1 atom stereocenters. The number of aliphatic imine (C=N–C) groups is 1. The predicted octanol–water partition coefficient (Wildman–Crippen LogP) is 6.22. The number of ether oxygens (including phenoxy) is 2. The van der Waals surface area contributed by atoms with Gasteiger partial charge in [0.25, 0.3) is 11.5 Å². The van der Waals surface area contributed by atoms with Crippen molar-refractivity contribution >= 4 is 86.3 Å². The first-order valence-electron chi connectivity index (χ1n) is 23.8. The number of nitrogens with one attached hydrogen (secondary N) is 4. The van der Waals surface area contributed by atoms with Crippen LogP contribution in [-0.2, 0) is 21.4 Å². The van der Waals surface area contributed by atoms with Crippen LogP contribution >= 0.6 is 34.5 Å². The molecule has 19 nitrogen and oxygen atoms in total. The summed E-state index contributed by atoms with van der Waals surface area (Å²) in [5, 5.41) is 23.5. The maximum Gasteiger partial charge on any atom is 0.293 e. The number of benzene rings is 2. The van der Waals surface area contributed by atoms with Gasteiger partial charge in [0.05, 0.1) is 31.0 Å². The van der Waals surface area contributed by atoms with E-state index in [-0.39, 0.29) is 42.4 Å². The summed E-state index contributed by atoms with van der Waals surface area (Å²) in [5.41, 5.74) is 4.60. The zero-order valence-corrected chi connectivity index (χ0v) is 43.7. The maximum absolute atomic E-state index is 13.5. The molecule has 3 amide bonds. The first-order valence-corrected chi connectivity index (χ1v) is 25.4. The molecular weight excluding hydrogens is 982 g/mol. The average Bonchev–Trinajstić information content (AvgIpc) is 3.86. The maximum atomic E-state index is 13.5. The van der Waals surface area contributed by atoms with Crippen molar-refractivity contribution in [2.45, 2.75) is 58.9 Å². The molecule has 6 aromatic rings. The number of fused-ring (bicyclic) bond motifs is 4. The number of nitrogens with zero attached hydrogens (tertiary/aromatic N) is 9. The number of amides is 3. The van der Waals surface area contributed by atoms with Gasteiger partial charge >= 0.3 is 0 Å². The van der Waals surface area contributed by atoms with E-state index in [1.165, 1.54) is 29.8 Å². The molecule has 0 bridgehead atoms. The van der Waals surface area contributed by atoms with Crippen molar-refractivity contribution in [3.05, 3.63) is 102 Å². The molecule has 2 aliphatic heterocycles. The van der Waals surface area contributed by atoms with Gasteiger partial charge in [-0.05, 0) is 96.4 Å². The molecule has 0 unspecified atom stereocenters. The van der Waals surface area contributed by atoms with Crippen molar-refractivity contribution in [3.63, 3.8) is 0 Å². The van der Waals surface area contributed by atoms with Crippen molar-refractivity contribution in [3.8, 4) is 16.5 Å². The van der Waals surface area contributed by atoms with Crippen LogP contribution < -0.4 is 41.2 Å². The molecule has 2 aliphatic rings. The van der Waals surface area contributed by atoms with Gasteiger partial charge in [0.2, 0.25) is 17.8 Å². The summed E-state index contributed by atoms with van der Waals surface area (Å²) in [6.07, 6.45) is 4.49. The van der Waals surface area contributed by atoms with Crippen molar-refractivity contribution < 1.29 is 23.9 Å². The Kier molecular flexibility index (Phi) is 16.4. The number of piperidine rings is 1. The SMILES string of the molecule is CNC(=O)COc1cc2cc(Nc3nc(N4CCC(C(=O)NCCCN(C)CCCNC(=O)C[C@@H]5N=C(c6ccc(Cl)cc6)c6c(sc(C)c6C)-n6c(C)nnc65)CC4)ncc3Cl)cc(OC)c2n(C)c1=O. The monoisotopic (exact) mass is 1040 g/mol. The fourth-order valence-electron chi connectivity index (χ4n) is 8.96. The number of carbonyl (C=O) groups excluding carboxylic acids is 3. The molecule has 0 saturated carbocycles. The minimum atomic E-state index is -0.535. The largest absolute Gasteiger partial charge is 0.494 e. The standard InChI is InChI=1S/C50H59Cl2N13O6S/c1-28-29(2)72-49-42(28)43(31-10-12-34(51)13-11-31)58-37(46-61-60-30(3)65(46)49)25-40(66)54-16-8-18-62(5)19-9-17-55-47(68)32-14-20-64(21-15-32)50-56-26-36(52)45(59-50)57-35-22-33-23-39(71-27-41(67)53-4)48(69)63(6)44(33)38(24-35)70-7/h10-13,22-24,26,32,37H,8-9,14-21,25,27H2,1-7H3,(H,53,67)(H,54,66)(H,55,68)(H,56,57,59)/t37-/m0/s1. The number of aromatic nitrogens is 6. The third-order valence-electron chi connectivity index (χ3n) is 13.0. The Morgan fingerprint density at radius 3 is 2.38 bits per heavy atom. The van der Waals surface area contributed by atoms with E-state index < -0.39 is 11.6 Å². The summed E-state index contributed by atoms with van der Waals surface area (Å²) in [6, 6.07) is 12.2. The van der Waals surface area contributed by atoms with E-state index in [2.05, 4.69) is 55.2 Å². The Morgan fingerprint density at radius 1 is 0.944 bits per heavy atom. The molecule has 1 saturated heterocycles. The van der Waals surface area contributed by atoms with Gasteiger partial charge in [-0.15, -0.1) is 21.5 Å². The van der Waals surface area contributed by atoms with Crippen LogP contribution in [-0.4, -0.2) is 125 Å². The van der Waals surface area contributed by atoms with E-state index in [1.807, 2.05) is 47.7 Å². The third-order valence-corrected chi connectivity index (χ3v) is 14.8. The van der Waals surface area contributed by atoms with Crippen molar-refractivity contribution in [2.75, 3.05) is 77.3 Å². The summed E-state index contributed by atoms with van der Waals surface area (Å²) in [6.45, 7) is 9.64. The second kappa shape index (κ2) is 22.9. The number of likely N-dealkylation sites (N-methyl/N-ethyl adjacent to an activating group) is 1. The fraction of sp³-hybridized carbons (Fsp3) is 0.420. The first kappa shape index (κ1) is 51.7. The molecule has 0 radical (unpaired) electrons. The minimum Gasteiger partial charge on any atom is -0.494 e. The Hall–Kier alpha value is -6.61. The second-order valence-electron chi connectivity index (χ2n) is 18.0. The number of halogens is 2. The van der Waals surface area contributed by atoms with Crippen molar-refractivity contribution in [1.29, 1.82) is 0 Å². The number of methoxy groups -OCH3 is 1. The van der Waals surface area contributed by atoms with Gasteiger partial charge in [-0.25, -0.2) is 4.98 Å². The lowest BCUT2D eigenvalue weighted by Crippen LogP contribution is -2.41. The quantitative estimate of drug-likeness (QED) is 0.0664. The summed E-state index contributed by atoms with van der Waals surface area (Å²) >= 11 is 14.5. The van der Waals surface area contributed by atoms with E-state index in [0.29, 0.717) is 89.0 Å². The number of thiophene rings is 1. The topological polar surface area (TPSA) is 215 Å². The minimum absolute atomic E-state index is 0.0153. The van der Waals surface area contributed by atoms with Crippen LogP contribution in [0.1, 0.15) is 71.4 Å². The lowest BCUT2D eigenvalue weighted by Gasteiger charge is -2.31. The fourth-order valence-corrected chi connectivity index (χ4v) is 10.4. The summed E-state index contributed by atoms with van der Waals surface area (Å²) < 4.78 is 14.7.